The molecule has 21 heavy (non-hydrogen) atoms. The number of nitrogens with zero attached hydrogens (tertiary/aromatic N) is 2. The molecule has 2 N–H and O–H groups in total. The molecule has 7 heteroatoms. The normalized spacial score (nSPS) is 10.5. The first kappa shape index (κ1) is 16.0. The highest BCUT2D eigenvalue weighted by Gasteiger charge is 2.14. The van der Waals surface area contributed by atoms with E-state index in [0.717, 1.165) is 28.1 Å². The number of halogens is 2. The number of aryl methyl sites for hydroxylation is 1. The molecule has 0 bridgehead atoms. The summed E-state index contributed by atoms with van der Waals surface area (Å²) in [6.45, 7) is 4.67. The summed E-state index contributed by atoms with van der Waals surface area (Å²) in [7, 11) is 1.50. The molecular formula is C14H15Br2N3O2. The first-order valence-corrected chi connectivity index (χ1v) is 7.91. The summed E-state index contributed by atoms with van der Waals surface area (Å²) in [5, 5.41) is 13.1. The van der Waals surface area contributed by atoms with Gasteiger partial charge < -0.3 is 15.2 Å². The number of nitrogens with one attached hydrogen (secondary N) is 1. The Balaban J connectivity index is 2.59. The Morgan fingerprint density at radius 3 is 2.62 bits per heavy atom. The van der Waals surface area contributed by atoms with Gasteiger partial charge in [0.25, 0.3) is 0 Å². The van der Waals surface area contributed by atoms with E-state index in [4.69, 9.17) is 4.74 Å². The Hall–Kier alpha value is -1.34. The molecule has 0 unspecified atom stereocenters. The summed E-state index contributed by atoms with van der Waals surface area (Å²) >= 11 is 6.79. The van der Waals surface area contributed by atoms with E-state index < -0.39 is 0 Å². The van der Waals surface area contributed by atoms with Crippen molar-refractivity contribution in [3.63, 3.8) is 0 Å². The van der Waals surface area contributed by atoms with E-state index in [2.05, 4.69) is 47.1 Å². The van der Waals surface area contributed by atoms with Gasteiger partial charge in [0.1, 0.15) is 5.82 Å². The number of phenols is 1. The topological polar surface area (TPSA) is 67.3 Å². The summed E-state index contributed by atoms with van der Waals surface area (Å²) in [6.07, 6.45) is 0. The van der Waals surface area contributed by atoms with Crippen molar-refractivity contribution in [3.05, 3.63) is 26.8 Å². The Morgan fingerprint density at radius 1 is 1.29 bits per heavy atom. The lowest BCUT2D eigenvalue weighted by atomic mass is 10.2. The first-order chi connectivity index (χ1) is 9.97. The van der Waals surface area contributed by atoms with Crippen molar-refractivity contribution >= 4 is 37.7 Å². The van der Waals surface area contributed by atoms with E-state index in [1.807, 2.05) is 13.8 Å². The van der Waals surface area contributed by atoms with Crippen molar-refractivity contribution in [1.82, 2.24) is 9.97 Å². The number of aromatic nitrogens is 2. The zero-order chi connectivity index (χ0) is 15.6. The van der Waals surface area contributed by atoms with E-state index in [1.54, 1.807) is 12.1 Å². The van der Waals surface area contributed by atoms with Crippen LogP contribution in [0.2, 0.25) is 0 Å². The number of rotatable bonds is 4. The molecule has 112 valence electrons. The summed E-state index contributed by atoms with van der Waals surface area (Å²) in [6, 6.07) is 3.47. The van der Waals surface area contributed by atoms with Crippen molar-refractivity contribution in [2.45, 2.75) is 13.8 Å². The van der Waals surface area contributed by atoms with Crippen molar-refractivity contribution in [1.29, 1.82) is 0 Å². The maximum atomic E-state index is 9.87. The molecule has 2 rings (SSSR count). The van der Waals surface area contributed by atoms with Gasteiger partial charge in [-0.2, -0.15) is 0 Å². The summed E-state index contributed by atoms with van der Waals surface area (Å²) in [5.74, 6) is 1.73. The zero-order valence-corrected chi connectivity index (χ0v) is 15.0. The number of aromatic hydroxyl groups is 1. The van der Waals surface area contributed by atoms with Crippen LogP contribution >= 0.6 is 31.9 Å². The largest absolute Gasteiger partial charge is 0.503 e. The van der Waals surface area contributed by atoms with Gasteiger partial charge in [-0.25, -0.2) is 9.97 Å². The summed E-state index contributed by atoms with van der Waals surface area (Å²) < 4.78 is 6.54. The van der Waals surface area contributed by atoms with Gasteiger partial charge in [-0.1, -0.05) is 0 Å². The monoisotopic (exact) mass is 415 g/mol. The molecule has 0 aliphatic carbocycles. The van der Waals surface area contributed by atoms with Gasteiger partial charge in [-0.05, 0) is 57.8 Å². The number of hydrogen-bond donors (Lipinski definition) is 2. The highest BCUT2D eigenvalue weighted by molar-refractivity contribution is 9.11. The van der Waals surface area contributed by atoms with Gasteiger partial charge in [-0.15, -0.1) is 0 Å². The predicted octanol–water partition coefficient (Wildman–Crippen LogP) is 4.12. The fourth-order valence-corrected chi connectivity index (χ4v) is 2.59. The third-order valence-corrected chi connectivity index (χ3v) is 4.42. The number of methoxy groups -OCH3 is 1. The average Bonchev–Trinajstić information content (AvgIpc) is 2.46. The van der Waals surface area contributed by atoms with Crippen molar-refractivity contribution in [2.75, 3.05) is 19.0 Å². The molecule has 0 spiro atoms. The molecule has 0 aliphatic rings. The second kappa shape index (κ2) is 6.62. The smallest absolute Gasteiger partial charge is 0.172 e. The maximum Gasteiger partial charge on any atom is 0.172 e. The molecule has 0 fully saturated rings. The van der Waals surface area contributed by atoms with E-state index in [1.165, 1.54) is 7.11 Å². The number of anilines is 1. The lowest BCUT2D eigenvalue weighted by molar-refractivity contribution is 0.372. The van der Waals surface area contributed by atoms with Crippen molar-refractivity contribution in [3.8, 4) is 22.9 Å². The minimum atomic E-state index is 0.0574. The summed E-state index contributed by atoms with van der Waals surface area (Å²) in [5.41, 5.74) is 1.59. The van der Waals surface area contributed by atoms with Crippen LogP contribution < -0.4 is 10.1 Å². The third kappa shape index (κ3) is 3.29. The van der Waals surface area contributed by atoms with E-state index in [0.29, 0.717) is 16.0 Å². The molecule has 0 saturated heterocycles. The average molecular weight is 417 g/mol. The number of phenolic OH excluding ortho intramolecular Hbond substituents is 1. The Morgan fingerprint density at radius 2 is 2.00 bits per heavy atom. The SMILES string of the molecule is CCNc1nc(-c2cc(Br)c(O)c(OC)c2)nc(C)c1Br. The van der Waals surface area contributed by atoms with Gasteiger partial charge >= 0.3 is 0 Å². The molecule has 0 atom stereocenters. The van der Waals surface area contributed by atoms with E-state index >= 15 is 0 Å². The molecular weight excluding hydrogens is 402 g/mol. The molecule has 1 aromatic heterocycles. The van der Waals surface area contributed by atoms with Gasteiger partial charge in [0.15, 0.2) is 17.3 Å². The molecule has 0 aliphatic heterocycles. The van der Waals surface area contributed by atoms with Gasteiger partial charge in [0, 0.05) is 12.1 Å². The van der Waals surface area contributed by atoms with Crippen molar-refractivity contribution < 1.29 is 9.84 Å². The molecule has 0 radical (unpaired) electrons. The highest BCUT2D eigenvalue weighted by Crippen LogP contribution is 2.38. The molecule has 2 aromatic rings. The molecule has 1 aromatic carbocycles. The number of hydrogen-bond acceptors (Lipinski definition) is 5. The van der Waals surface area contributed by atoms with Crippen LogP contribution in [0.5, 0.6) is 11.5 Å². The van der Waals surface area contributed by atoms with Crippen LogP contribution in [0.25, 0.3) is 11.4 Å². The van der Waals surface area contributed by atoms with Crippen LogP contribution in [0.1, 0.15) is 12.6 Å². The highest BCUT2D eigenvalue weighted by atomic mass is 79.9. The fourth-order valence-electron chi connectivity index (χ4n) is 1.83. The quantitative estimate of drug-likeness (QED) is 0.784. The Kier molecular flexibility index (Phi) is 5.05. The number of benzene rings is 1. The lowest BCUT2D eigenvalue weighted by Crippen LogP contribution is -2.04. The standard InChI is InChI=1S/C14H15Br2N3O2/c1-4-17-14-11(16)7(2)18-13(19-14)8-5-9(15)12(20)10(6-8)21-3/h5-6,20H,4H2,1-3H3,(H,17,18,19). The van der Waals surface area contributed by atoms with E-state index in [9.17, 15) is 5.11 Å². The minimum absolute atomic E-state index is 0.0574. The van der Waals surface area contributed by atoms with Crippen LogP contribution in [0.3, 0.4) is 0 Å². The van der Waals surface area contributed by atoms with Crippen LogP contribution in [-0.4, -0.2) is 28.7 Å². The molecule has 0 saturated carbocycles. The van der Waals surface area contributed by atoms with Crippen LogP contribution in [0.15, 0.2) is 21.1 Å². The molecule has 1 heterocycles. The first-order valence-electron chi connectivity index (χ1n) is 6.32. The maximum absolute atomic E-state index is 9.87. The molecule has 0 amide bonds. The lowest BCUT2D eigenvalue weighted by Gasteiger charge is -2.12. The van der Waals surface area contributed by atoms with Crippen LogP contribution in [0.4, 0.5) is 5.82 Å². The predicted molar refractivity (Wildman–Crippen MR) is 90.0 cm³/mol. The Bertz CT molecular complexity index is 678. The van der Waals surface area contributed by atoms with Crippen LogP contribution in [0, 0.1) is 6.92 Å². The third-order valence-electron chi connectivity index (χ3n) is 2.87. The van der Waals surface area contributed by atoms with Gasteiger partial charge in [0.05, 0.1) is 21.7 Å². The number of ether oxygens (including phenoxy) is 1. The van der Waals surface area contributed by atoms with Gasteiger partial charge in [-0.3, -0.25) is 0 Å². The molecule has 5 nitrogen and oxygen atoms in total. The van der Waals surface area contributed by atoms with Crippen molar-refractivity contribution in [2.24, 2.45) is 0 Å². The minimum Gasteiger partial charge on any atom is -0.503 e. The van der Waals surface area contributed by atoms with E-state index in [-0.39, 0.29) is 5.75 Å². The fraction of sp³-hybridized carbons (Fsp3) is 0.286. The van der Waals surface area contributed by atoms with Gasteiger partial charge in [0.2, 0.25) is 0 Å². The zero-order valence-electron chi connectivity index (χ0n) is 11.9. The second-order valence-electron chi connectivity index (χ2n) is 4.33. The Labute approximate surface area is 140 Å². The second-order valence-corrected chi connectivity index (χ2v) is 5.98. The summed E-state index contributed by atoms with van der Waals surface area (Å²) in [4.78, 5) is 8.99. The van der Waals surface area contributed by atoms with Crippen LogP contribution in [-0.2, 0) is 0 Å².